The SMILES string of the molecule is Cc1nnc(N2C(=O)C(=O)C(C(=O)c3ccc(F)cc3)C2c2ccccc2)s1. The molecule has 4 rings (SSSR count). The van der Waals surface area contributed by atoms with Crippen molar-refractivity contribution < 1.29 is 18.8 Å². The number of anilines is 1. The minimum absolute atomic E-state index is 0.170. The van der Waals surface area contributed by atoms with Gasteiger partial charge >= 0.3 is 0 Å². The fourth-order valence-corrected chi connectivity index (χ4v) is 4.03. The molecule has 0 spiro atoms. The van der Waals surface area contributed by atoms with Gasteiger partial charge < -0.3 is 0 Å². The number of Topliss-reactive ketones (excluding diaryl/α,β-unsaturated/α-hetero) is 2. The third-order valence-corrected chi connectivity index (χ3v) is 5.42. The number of hydrogen-bond acceptors (Lipinski definition) is 6. The van der Waals surface area contributed by atoms with Gasteiger partial charge in [-0.2, -0.15) is 0 Å². The Morgan fingerprint density at radius 2 is 1.71 bits per heavy atom. The van der Waals surface area contributed by atoms with E-state index < -0.39 is 35.3 Å². The second-order valence-electron chi connectivity index (χ2n) is 6.35. The number of amides is 1. The molecule has 2 aromatic carbocycles. The zero-order valence-electron chi connectivity index (χ0n) is 14.7. The molecule has 1 aromatic heterocycles. The maximum absolute atomic E-state index is 13.2. The van der Waals surface area contributed by atoms with Gasteiger partial charge in [0.1, 0.15) is 16.7 Å². The van der Waals surface area contributed by atoms with Gasteiger partial charge in [0.15, 0.2) is 5.78 Å². The minimum Gasteiger partial charge on any atom is -0.293 e. The standard InChI is InChI=1S/C20H14FN3O3S/c1-11-22-23-20(28-11)24-16(12-5-3-2-4-6-12)15(18(26)19(24)27)17(25)13-7-9-14(21)10-8-13/h2-10,15-16H,1H3. The second-order valence-corrected chi connectivity index (χ2v) is 7.51. The van der Waals surface area contributed by atoms with E-state index in [9.17, 15) is 18.8 Å². The van der Waals surface area contributed by atoms with E-state index in [1.807, 2.05) is 0 Å². The van der Waals surface area contributed by atoms with Gasteiger partial charge in [0.05, 0.1) is 6.04 Å². The first-order chi connectivity index (χ1) is 13.5. The van der Waals surface area contributed by atoms with E-state index in [4.69, 9.17) is 0 Å². The van der Waals surface area contributed by atoms with Crippen molar-refractivity contribution in [2.45, 2.75) is 13.0 Å². The van der Waals surface area contributed by atoms with Crippen LogP contribution in [0.15, 0.2) is 54.6 Å². The molecule has 1 fully saturated rings. The highest BCUT2D eigenvalue weighted by Gasteiger charge is 2.53. The maximum Gasteiger partial charge on any atom is 0.297 e. The van der Waals surface area contributed by atoms with Gasteiger partial charge in [-0.15, -0.1) is 10.2 Å². The molecule has 0 saturated carbocycles. The van der Waals surface area contributed by atoms with Crippen LogP contribution in [0.1, 0.15) is 27.0 Å². The summed E-state index contributed by atoms with van der Waals surface area (Å²) in [6.45, 7) is 1.74. The summed E-state index contributed by atoms with van der Waals surface area (Å²) in [6.07, 6.45) is 0. The van der Waals surface area contributed by atoms with Crippen LogP contribution in [-0.2, 0) is 9.59 Å². The summed E-state index contributed by atoms with van der Waals surface area (Å²) in [5, 5.41) is 8.82. The number of aromatic nitrogens is 2. The second kappa shape index (κ2) is 7.05. The summed E-state index contributed by atoms with van der Waals surface area (Å²) in [5.41, 5.74) is 0.804. The van der Waals surface area contributed by atoms with Crippen LogP contribution in [0.3, 0.4) is 0 Å². The lowest BCUT2D eigenvalue weighted by atomic mass is 9.86. The van der Waals surface area contributed by atoms with Crippen molar-refractivity contribution in [3.05, 3.63) is 76.5 Å². The van der Waals surface area contributed by atoms with Crippen LogP contribution in [0.2, 0.25) is 0 Å². The molecule has 28 heavy (non-hydrogen) atoms. The number of carbonyl (C=O) groups is 3. The highest BCUT2D eigenvalue weighted by atomic mass is 32.1. The Hall–Kier alpha value is -3.26. The number of rotatable bonds is 4. The Kier molecular flexibility index (Phi) is 4.56. The number of nitrogens with zero attached hydrogens (tertiary/aromatic N) is 3. The first kappa shape index (κ1) is 18.1. The molecule has 0 aliphatic carbocycles. The molecule has 0 bridgehead atoms. The lowest BCUT2D eigenvalue weighted by Crippen LogP contribution is -2.30. The molecular formula is C20H14FN3O3S. The van der Waals surface area contributed by atoms with E-state index in [1.165, 1.54) is 28.4 Å². The molecule has 140 valence electrons. The monoisotopic (exact) mass is 395 g/mol. The van der Waals surface area contributed by atoms with Gasteiger partial charge in [0, 0.05) is 5.56 Å². The topological polar surface area (TPSA) is 80.2 Å². The molecule has 3 aromatic rings. The molecule has 1 amide bonds. The Labute approximate surface area is 163 Å². The van der Waals surface area contributed by atoms with E-state index in [2.05, 4.69) is 10.2 Å². The largest absolute Gasteiger partial charge is 0.297 e. The zero-order valence-corrected chi connectivity index (χ0v) is 15.5. The van der Waals surface area contributed by atoms with Gasteiger partial charge in [-0.25, -0.2) is 4.39 Å². The first-order valence-corrected chi connectivity index (χ1v) is 9.31. The number of benzene rings is 2. The Morgan fingerprint density at radius 1 is 1.04 bits per heavy atom. The Balaban J connectivity index is 1.83. The summed E-state index contributed by atoms with van der Waals surface area (Å²) in [4.78, 5) is 40.0. The molecule has 2 heterocycles. The number of halogens is 1. The van der Waals surface area contributed by atoms with E-state index >= 15 is 0 Å². The van der Waals surface area contributed by atoms with E-state index in [0.717, 1.165) is 12.1 Å². The van der Waals surface area contributed by atoms with Gasteiger partial charge in [-0.3, -0.25) is 19.3 Å². The van der Waals surface area contributed by atoms with Crippen LogP contribution in [-0.4, -0.2) is 27.7 Å². The van der Waals surface area contributed by atoms with E-state index in [-0.39, 0.29) is 10.7 Å². The molecule has 8 heteroatoms. The summed E-state index contributed by atoms with van der Waals surface area (Å²) in [7, 11) is 0. The van der Waals surface area contributed by atoms with E-state index in [1.54, 1.807) is 37.3 Å². The van der Waals surface area contributed by atoms with Crippen LogP contribution < -0.4 is 4.90 Å². The quantitative estimate of drug-likeness (QED) is 0.385. The molecule has 1 saturated heterocycles. The fraction of sp³-hybridized carbons (Fsp3) is 0.150. The Bertz CT molecular complexity index is 1070. The molecule has 1 aliphatic rings. The average Bonchev–Trinajstić information content (AvgIpc) is 3.24. The van der Waals surface area contributed by atoms with Gasteiger partial charge in [-0.1, -0.05) is 41.7 Å². The summed E-state index contributed by atoms with van der Waals surface area (Å²) < 4.78 is 13.2. The molecular weight excluding hydrogens is 381 g/mol. The molecule has 2 atom stereocenters. The minimum atomic E-state index is -1.25. The van der Waals surface area contributed by atoms with Gasteiger partial charge in [-0.05, 0) is 36.8 Å². The lowest BCUT2D eigenvalue weighted by Gasteiger charge is -2.24. The van der Waals surface area contributed by atoms with Crippen molar-refractivity contribution >= 4 is 33.9 Å². The van der Waals surface area contributed by atoms with E-state index in [0.29, 0.717) is 10.6 Å². The summed E-state index contributed by atoms with van der Waals surface area (Å²) >= 11 is 1.17. The van der Waals surface area contributed by atoms with Crippen LogP contribution in [0.4, 0.5) is 9.52 Å². The third kappa shape index (κ3) is 3.01. The number of ketones is 2. The van der Waals surface area contributed by atoms with Crippen LogP contribution >= 0.6 is 11.3 Å². The predicted octanol–water partition coefficient (Wildman–Crippen LogP) is 3.14. The number of carbonyl (C=O) groups excluding carboxylic acids is 3. The lowest BCUT2D eigenvalue weighted by molar-refractivity contribution is -0.135. The van der Waals surface area contributed by atoms with Gasteiger partial charge in [0.25, 0.3) is 5.91 Å². The maximum atomic E-state index is 13.2. The highest BCUT2D eigenvalue weighted by Crippen LogP contribution is 2.41. The normalized spacial score (nSPS) is 19.3. The average molecular weight is 395 g/mol. The van der Waals surface area contributed by atoms with Crippen molar-refractivity contribution in [3.8, 4) is 0 Å². The predicted molar refractivity (Wildman–Crippen MR) is 101 cm³/mol. The van der Waals surface area contributed by atoms with Crippen molar-refractivity contribution in [1.82, 2.24) is 10.2 Å². The van der Waals surface area contributed by atoms with Crippen LogP contribution in [0.25, 0.3) is 0 Å². The molecule has 6 nitrogen and oxygen atoms in total. The van der Waals surface area contributed by atoms with Crippen molar-refractivity contribution in [2.75, 3.05) is 4.90 Å². The summed E-state index contributed by atoms with van der Waals surface area (Å²) in [5.74, 6) is -3.88. The Morgan fingerprint density at radius 3 is 2.32 bits per heavy atom. The van der Waals surface area contributed by atoms with Crippen molar-refractivity contribution in [3.63, 3.8) is 0 Å². The molecule has 0 radical (unpaired) electrons. The fourth-order valence-electron chi connectivity index (χ4n) is 3.31. The smallest absolute Gasteiger partial charge is 0.293 e. The third-order valence-electron chi connectivity index (χ3n) is 4.58. The van der Waals surface area contributed by atoms with Crippen LogP contribution in [0.5, 0.6) is 0 Å². The number of aryl methyl sites for hydroxylation is 1. The molecule has 0 N–H and O–H groups in total. The zero-order chi connectivity index (χ0) is 19.8. The highest BCUT2D eigenvalue weighted by molar-refractivity contribution is 7.15. The van der Waals surface area contributed by atoms with Crippen molar-refractivity contribution in [1.29, 1.82) is 0 Å². The molecule has 2 unspecified atom stereocenters. The van der Waals surface area contributed by atoms with Crippen molar-refractivity contribution in [2.24, 2.45) is 5.92 Å². The van der Waals surface area contributed by atoms with Crippen LogP contribution in [0, 0.1) is 18.7 Å². The van der Waals surface area contributed by atoms with Gasteiger partial charge in [0.2, 0.25) is 10.9 Å². The molecule has 1 aliphatic heterocycles. The number of hydrogen-bond donors (Lipinski definition) is 0. The summed E-state index contributed by atoms with van der Waals surface area (Å²) in [6, 6.07) is 12.9. The first-order valence-electron chi connectivity index (χ1n) is 8.49.